The number of esters is 1. The quantitative estimate of drug-likeness (QED) is 0.472. The van der Waals surface area contributed by atoms with Crippen molar-refractivity contribution < 1.29 is 14.4 Å². The van der Waals surface area contributed by atoms with E-state index in [1.807, 2.05) is 12.1 Å². The molecule has 0 unspecified atom stereocenters. The molecule has 0 aromatic heterocycles. The maximum atomic E-state index is 11.5. The van der Waals surface area contributed by atoms with E-state index in [-0.39, 0.29) is 12.3 Å². The summed E-state index contributed by atoms with van der Waals surface area (Å²) in [6.45, 7) is 2.01. The van der Waals surface area contributed by atoms with Crippen molar-refractivity contribution >= 4 is 23.3 Å². The van der Waals surface area contributed by atoms with Gasteiger partial charge in [-0.2, -0.15) is 0 Å². The molecule has 1 aromatic rings. The molecule has 6 heteroatoms. The Morgan fingerprint density at radius 3 is 2.78 bits per heavy atom. The zero-order valence-corrected chi connectivity index (χ0v) is 11.0. The van der Waals surface area contributed by atoms with Crippen LogP contribution in [0.5, 0.6) is 0 Å². The normalized spacial score (nSPS) is 10.9. The molecule has 0 aliphatic carbocycles. The van der Waals surface area contributed by atoms with Crippen LogP contribution in [-0.4, -0.2) is 19.7 Å². The van der Waals surface area contributed by atoms with Crippen molar-refractivity contribution in [2.24, 2.45) is 0 Å². The number of benzene rings is 1. The first-order valence-electron chi connectivity index (χ1n) is 5.36. The topological polar surface area (TPSA) is 59.6 Å². The van der Waals surface area contributed by atoms with Crippen molar-refractivity contribution in [3.8, 4) is 0 Å². The fourth-order valence-corrected chi connectivity index (χ4v) is 1.37. The Kier molecular flexibility index (Phi) is 6.04. The summed E-state index contributed by atoms with van der Waals surface area (Å²) >= 11 is 5.97. The molecule has 5 nitrogen and oxygen atoms in total. The number of para-hydroxylation sites is 1. The zero-order valence-electron chi connectivity index (χ0n) is 10.2. The van der Waals surface area contributed by atoms with E-state index in [9.17, 15) is 4.79 Å². The van der Waals surface area contributed by atoms with Gasteiger partial charge in [0.15, 0.2) is 5.70 Å². The van der Waals surface area contributed by atoms with Gasteiger partial charge in [0.25, 0.3) is 0 Å². The summed E-state index contributed by atoms with van der Waals surface area (Å²) < 4.78 is 4.85. The molecule has 1 rings (SSSR count). The monoisotopic (exact) mass is 270 g/mol. The van der Waals surface area contributed by atoms with Crippen LogP contribution in [-0.2, 0) is 14.4 Å². The van der Waals surface area contributed by atoms with Gasteiger partial charge in [0.2, 0.25) is 0 Å². The maximum Gasteiger partial charge on any atom is 0.358 e. The largest absolute Gasteiger partial charge is 0.461 e. The molecular weight excluding hydrogens is 256 g/mol. The van der Waals surface area contributed by atoms with Crippen molar-refractivity contribution in [3.63, 3.8) is 0 Å². The van der Waals surface area contributed by atoms with Gasteiger partial charge in [-0.05, 0) is 19.1 Å². The molecule has 0 radical (unpaired) electrons. The highest BCUT2D eigenvalue weighted by Gasteiger charge is 2.10. The van der Waals surface area contributed by atoms with E-state index in [2.05, 4.69) is 10.8 Å². The summed E-state index contributed by atoms with van der Waals surface area (Å²) in [4.78, 5) is 16.2. The van der Waals surface area contributed by atoms with Crippen LogP contribution in [0, 0.1) is 0 Å². The standard InChI is InChI=1S/C12H15ClN2O3/c1-3-18-12(16)11(15-17-2)8-14-10-7-5-4-6-9(10)13/h4-8,14-15H,3H2,1-2H3/b11-8+. The van der Waals surface area contributed by atoms with Gasteiger partial charge in [0.05, 0.1) is 24.4 Å². The van der Waals surface area contributed by atoms with Crippen molar-refractivity contribution in [3.05, 3.63) is 41.2 Å². The van der Waals surface area contributed by atoms with Gasteiger partial charge in [0.1, 0.15) is 0 Å². The van der Waals surface area contributed by atoms with Crippen LogP contribution in [0.2, 0.25) is 5.02 Å². The Labute approximate surface area is 111 Å². The van der Waals surface area contributed by atoms with Crippen molar-refractivity contribution in [2.45, 2.75) is 6.92 Å². The summed E-state index contributed by atoms with van der Waals surface area (Å²) in [6.07, 6.45) is 1.43. The summed E-state index contributed by atoms with van der Waals surface area (Å²) in [7, 11) is 1.41. The number of carbonyl (C=O) groups excluding carboxylic acids is 1. The highest BCUT2D eigenvalue weighted by atomic mass is 35.5. The number of ether oxygens (including phenoxy) is 1. The van der Waals surface area contributed by atoms with Gasteiger partial charge in [-0.15, -0.1) is 0 Å². The molecule has 0 atom stereocenters. The minimum Gasteiger partial charge on any atom is -0.461 e. The maximum absolute atomic E-state index is 11.5. The van der Waals surface area contributed by atoms with E-state index >= 15 is 0 Å². The molecule has 98 valence electrons. The van der Waals surface area contributed by atoms with Crippen LogP contribution in [0.3, 0.4) is 0 Å². The number of hydroxylamine groups is 1. The second-order valence-electron chi connectivity index (χ2n) is 3.21. The Hall–Kier alpha value is -1.72. The highest BCUT2D eigenvalue weighted by Crippen LogP contribution is 2.20. The summed E-state index contributed by atoms with van der Waals surface area (Å²) in [6, 6.07) is 7.17. The first-order chi connectivity index (χ1) is 8.69. The van der Waals surface area contributed by atoms with Crippen molar-refractivity contribution in [2.75, 3.05) is 19.0 Å². The van der Waals surface area contributed by atoms with Crippen molar-refractivity contribution in [1.29, 1.82) is 0 Å². The molecule has 0 amide bonds. The first kappa shape index (κ1) is 14.3. The van der Waals surface area contributed by atoms with Crippen LogP contribution in [0.4, 0.5) is 5.69 Å². The molecule has 0 saturated heterocycles. The Balaban J connectivity index is 2.77. The number of carbonyl (C=O) groups is 1. The second kappa shape index (κ2) is 7.58. The molecule has 1 aromatic carbocycles. The average molecular weight is 271 g/mol. The van der Waals surface area contributed by atoms with Gasteiger partial charge in [-0.25, -0.2) is 4.79 Å². The van der Waals surface area contributed by atoms with Crippen LogP contribution in [0.1, 0.15) is 6.92 Å². The van der Waals surface area contributed by atoms with E-state index < -0.39 is 5.97 Å². The third-order valence-electron chi connectivity index (χ3n) is 1.95. The van der Waals surface area contributed by atoms with Crippen LogP contribution < -0.4 is 10.8 Å². The summed E-state index contributed by atoms with van der Waals surface area (Å²) in [5, 5.41) is 3.45. The van der Waals surface area contributed by atoms with Crippen LogP contribution >= 0.6 is 11.6 Å². The predicted octanol–water partition coefficient (Wildman–Crippen LogP) is 2.31. The number of hydrogen-bond donors (Lipinski definition) is 2. The fraction of sp³-hybridized carbons (Fsp3) is 0.250. The smallest absolute Gasteiger partial charge is 0.358 e. The lowest BCUT2D eigenvalue weighted by atomic mass is 10.3. The molecule has 0 aliphatic heterocycles. The molecule has 0 fully saturated rings. The van der Waals surface area contributed by atoms with Gasteiger partial charge in [-0.3, -0.25) is 10.3 Å². The first-order valence-corrected chi connectivity index (χ1v) is 5.74. The van der Waals surface area contributed by atoms with Crippen molar-refractivity contribution in [1.82, 2.24) is 5.48 Å². The lowest BCUT2D eigenvalue weighted by molar-refractivity contribution is -0.140. The molecule has 18 heavy (non-hydrogen) atoms. The minimum absolute atomic E-state index is 0.152. The van der Waals surface area contributed by atoms with E-state index in [0.717, 1.165) is 0 Å². The van der Waals surface area contributed by atoms with Crippen LogP contribution in [0.25, 0.3) is 0 Å². The highest BCUT2D eigenvalue weighted by molar-refractivity contribution is 6.33. The lowest BCUT2D eigenvalue weighted by Crippen LogP contribution is -2.22. The fourth-order valence-electron chi connectivity index (χ4n) is 1.18. The number of halogens is 1. The molecule has 0 bridgehead atoms. The minimum atomic E-state index is -0.515. The summed E-state index contributed by atoms with van der Waals surface area (Å²) in [5.41, 5.74) is 3.27. The molecule has 0 aliphatic rings. The third kappa shape index (κ3) is 4.27. The lowest BCUT2D eigenvalue weighted by Gasteiger charge is -2.09. The van der Waals surface area contributed by atoms with Gasteiger partial charge in [0, 0.05) is 6.20 Å². The number of nitrogens with one attached hydrogen (secondary N) is 2. The van der Waals surface area contributed by atoms with E-state index in [1.54, 1.807) is 19.1 Å². The Morgan fingerprint density at radius 2 is 2.17 bits per heavy atom. The number of hydrogen-bond acceptors (Lipinski definition) is 5. The number of rotatable bonds is 6. The molecule has 0 saturated carbocycles. The Morgan fingerprint density at radius 1 is 1.44 bits per heavy atom. The predicted molar refractivity (Wildman–Crippen MR) is 69.9 cm³/mol. The summed E-state index contributed by atoms with van der Waals surface area (Å²) in [5.74, 6) is -0.515. The molecular formula is C12H15ClN2O3. The van der Waals surface area contributed by atoms with Gasteiger partial charge >= 0.3 is 5.97 Å². The number of anilines is 1. The third-order valence-corrected chi connectivity index (χ3v) is 2.28. The molecule has 0 spiro atoms. The molecule has 0 heterocycles. The van der Waals surface area contributed by atoms with E-state index in [0.29, 0.717) is 10.7 Å². The second-order valence-corrected chi connectivity index (χ2v) is 3.62. The average Bonchev–Trinajstić information content (AvgIpc) is 2.36. The van der Waals surface area contributed by atoms with E-state index in [1.165, 1.54) is 13.3 Å². The van der Waals surface area contributed by atoms with E-state index in [4.69, 9.17) is 21.2 Å². The van der Waals surface area contributed by atoms with Gasteiger partial charge in [-0.1, -0.05) is 23.7 Å². The SMILES string of the molecule is CCOC(=O)/C(=C\Nc1ccccc1Cl)NOC. The van der Waals surface area contributed by atoms with Gasteiger partial charge < -0.3 is 10.1 Å². The molecule has 2 N–H and O–H groups in total. The zero-order chi connectivity index (χ0) is 13.4. The Bertz CT molecular complexity index is 435. The van der Waals surface area contributed by atoms with Crippen LogP contribution in [0.15, 0.2) is 36.2 Å².